The van der Waals surface area contributed by atoms with Gasteiger partial charge in [-0.3, -0.25) is 4.79 Å². The number of amides is 1. The van der Waals surface area contributed by atoms with Gasteiger partial charge in [-0.05, 0) is 36.4 Å². The molecule has 2 rings (SSSR count). The van der Waals surface area contributed by atoms with E-state index in [0.29, 0.717) is 5.69 Å². The van der Waals surface area contributed by atoms with Gasteiger partial charge in [0.05, 0.1) is 0 Å². The molecule has 0 aliphatic carbocycles. The summed E-state index contributed by atoms with van der Waals surface area (Å²) >= 11 is 0. The van der Waals surface area contributed by atoms with Gasteiger partial charge < -0.3 is 25.5 Å². The monoisotopic (exact) mass is 288 g/mol. The molecule has 0 aliphatic heterocycles. The minimum Gasteiger partial charge on any atom is -0.504 e. The summed E-state index contributed by atoms with van der Waals surface area (Å²) in [4.78, 5) is 14.0. The molecule has 0 heterocycles. The number of benzene rings is 2. The van der Waals surface area contributed by atoms with Gasteiger partial charge in [-0.15, -0.1) is 0 Å². The van der Waals surface area contributed by atoms with Crippen LogP contribution in [0.2, 0.25) is 0 Å². The van der Waals surface area contributed by atoms with Crippen molar-refractivity contribution in [2.45, 2.75) is 0 Å². The van der Waals surface area contributed by atoms with Gasteiger partial charge in [-0.25, -0.2) is 0 Å². The lowest BCUT2D eigenvalue weighted by atomic mass is 10.1. The highest BCUT2D eigenvalue weighted by molar-refractivity contribution is 6.05. The molecule has 0 bridgehead atoms. The molecule has 21 heavy (non-hydrogen) atoms. The normalized spacial score (nSPS) is 10.2. The third-order valence-corrected chi connectivity index (χ3v) is 2.97. The fourth-order valence-corrected chi connectivity index (χ4v) is 1.78. The van der Waals surface area contributed by atoms with E-state index in [1.54, 1.807) is 12.1 Å². The second-order valence-electron chi connectivity index (χ2n) is 4.76. The van der Waals surface area contributed by atoms with Gasteiger partial charge in [-0.1, -0.05) is 0 Å². The van der Waals surface area contributed by atoms with Crippen molar-refractivity contribution in [3.8, 4) is 17.2 Å². The largest absolute Gasteiger partial charge is 0.504 e. The van der Waals surface area contributed by atoms with Crippen LogP contribution in [-0.4, -0.2) is 35.3 Å². The lowest BCUT2D eigenvalue weighted by Gasteiger charge is -2.13. The van der Waals surface area contributed by atoms with Gasteiger partial charge in [0.15, 0.2) is 17.2 Å². The van der Waals surface area contributed by atoms with Crippen molar-refractivity contribution in [2.75, 3.05) is 24.3 Å². The molecule has 0 saturated heterocycles. The van der Waals surface area contributed by atoms with E-state index in [2.05, 4.69) is 5.32 Å². The van der Waals surface area contributed by atoms with E-state index in [4.69, 9.17) is 0 Å². The summed E-state index contributed by atoms with van der Waals surface area (Å²) in [6, 6.07) is 9.35. The first-order valence-electron chi connectivity index (χ1n) is 6.22. The summed E-state index contributed by atoms with van der Waals surface area (Å²) in [7, 11) is 3.82. The highest BCUT2D eigenvalue weighted by Gasteiger charge is 2.13. The zero-order valence-electron chi connectivity index (χ0n) is 11.7. The Morgan fingerprint density at radius 2 is 1.52 bits per heavy atom. The third-order valence-electron chi connectivity index (χ3n) is 2.97. The van der Waals surface area contributed by atoms with Gasteiger partial charge in [0.25, 0.3) is 5.91 Å². The molecule has 2 aromatic rings. The fourth-order valence-electron chi connectivity index (χ4n) is 1.78. The Bertz CT molecular complexity index is 643. The van der Waals surface area contributed by atoms with Crippen LogP contribution in [-0.2, 0) is 0 Å². The first-order valence-corrected chi connectivity index (χ1v) is 6.22. The summed E-state index contributed by atoms with van der Waals surface area (Å²) in [6.07, 6.45) is 0. The van der Waals surface area contributed by atoms with Crippen molar-refractivity contribution in [1.29, 1.82) is 0 Å². The van der Waals surface area contributed by atoms with Crippen LogP contribution in [0.4, 0.5) is 11.4 Å². The first kappa shape index (κ1) is 14.5. The molecule has 0 spiro atoms. The number of rotatable bonds is 3. The van der Waals surface area contributed by atoms with Crippen LogP contribution in [0, 0.1) is 0 Å². The van der Waals surface area contributed by atoms with Gasteiger partial charge in [0.2, 0.25) is 0 Å². The van der Waals surface area contributed by atoms with Crippen LogP contribution in [0.3, 0.4) is 0 Å². The van der Waals surface area contributed by atoms with Crippen molar-refractivity contribution >= 4 is 17.3 Å². The van der Waals surface area contributed by atoms with Crippen LogP contribution in [0.25, 0.3) is 0 Å². The minimum atomic E-state index is -0.651. The van der Waals surface area contributed by atoms with Gasteiger partial charge in [-0.2, -0.15) is 0 Å². The number of nitrogens with one attached hydrogen (secondary N) is 1. The van der Waals surface area contributed by atoms with Gasteiger partial charge in [0, 0.05) is 31.0 Å². The molecule has 0 aromatic heterocycles. The maximum atomic E-state index is 12.0. The van der Waals surface area contributed by atoms with Gasteiger partial charge >= 0.3 is 0 Å². The topological polar surface area (TPSA) is 93.0 Å². The smallest absolute Gasteiger partial charge is 0.255 e. The van der Waals surface area contributed by atoms with E-state index < -0.39 is 23.2 Å². The second kappa shape index (κ2) is 5.62. The molecule has 0 fully saturated rings. The van der Waals surface area contributed by atoms with E-state index in [0.717, 1.165) is 17.8 Å². The van der Waals surface area contributed by atoms with E-state index in [-0.39, 0.29) is 5.56 Å². The molecule has 1 amide bonds. The Balaban J connectivity index is 2.18. The Kier molecular flexibility index (Phi) is 3.89. The van der Waals surface area contributed by atoms with Gasteiger partial charge in [0.1, 0.15) is 0 Å². The molecular weight excluding hydrogens is 272 g/mol. The lowest BCUT2D eigenvalue weighted by Crippen LogP contribution is -2.12. The summed E-state index contributed by atoms with van der Waals surface area (Å²) in [5.74, 6) is -2.26. The average Bonchev–Trinajstić information content (AvgIpc) is 2.44. The molecule has 0 unspecified atom stereocenters. The molecule has 4 N–H and O–H groups in total. The highest BCUT2D eigenvalue weighted by Crippen LogP contribution is 2.35. The molecule has 0 radical (unpaired) electrons. The number of phenolic OH excluding ortho intramolecular Hbond substituents is 3. The Morgan fingerprint density at radius 1 is 1.00 bits per heavy atom. The molecule has 0 atom stereocenters. The Hall–Kier alpha value is -2.89. The van der Waals surface area contributed by atoms with E-state index in [9.17, 15) is 20.1 Å². The maximum absolute atomic E-state index is 12.0. The van der Waals surface area contributed by atoms with Crippen LogP contribution >= 0.6 is 0 Å². The molecular formula is C15H16N2O4. The number of hydrogen-bond donors (Lipinski definition) is 4. The van der Waals surface area contributed by atoms with Crippen LogP contribution in [0.15, 0.2) is 36.4 Å². The van der Waals surface area contributed by atoms with Crippen LogP contribution in [0.1, 0.15) is 10.4 Å². The summed E-state index contributed by atoms with van der Waals surface area (Å²) in [6.45, 7) is 0. The number of aromatic hydroxyl groups is 3. The predicted octanol–water partition coefficient (Wildman–Crippen LogP) is 2.12. The van der Waals surface area contributed by atoms with Crippen molar-refractivity contribution in [1.82, 2.24) is 0 Å². The standard InChI is InChI=1S/C15H16N2O4/c1-17(2)11-5-3-10(4-6-11)16-15(21)9-7-12(18)14(20)13(19)8-9/h3-8,18-20H,1-2H3,(H,16,21). The number of carbonyl (C=O) groups excluding carboxylic acids is 1. The number of hydrogen-bond acceptors (Lipinski definition) is 5. The van der Waals surface area contributed by atoms with Crippen molar-refractivity contribution in [2.24, 2.45) is 0 Å². The van der Waals surface area contributed by atoms with E-state index in [1.807, 2.05) is 31.1 Å². The molecule has 110 valence electrons. The van der Waals surface area contributed by atoms with E-state index in [1.165, 1.54) is 0 Å². The lowest BCUT2D eigenvalue weighted by molar-refractivity contribution is 0.102. The second-order valence-corrected chi connectivity index (χ2v) is 4.76. The SMILES string of the molecule is CN(C)c1ccc(NC(=O)c2cc(O)c(O)c(O)c2)cc1. The fraction of sp³-hybridized carbons (Fsp3) is 0.133. The quantitative estimate of drug-likeness (QED) is 0.649. The zero-order valence-corrected chi connectivity index (χ0v) is 11.7. The summed E-state index contributed by atoms with van der Waals surface area (Å²) in [5.41, 5.74) is 1.62. The number of carbonyl (C=O) groups is 1. The number of phenols is 3. The molecule has 0 saturated carbocycles. The van der Waals surface area contributed by atoms with Crippen molar-refractivity contribution in [3.05, 3.63) is 42.0 Å². The predicted molar refractivity (Wildman–Crippen MR) is 80.2 cm³/mol. The summed E-state index contributed by atoms with van der Waals surface area (Å²) in [5, 5.41) is 30.7. The summed E-state index contributed by atoms with van der Waals surface area (Å²) < 4.78 is 0. The number of nitrogens with zero attached hydrogens (tertiary/aromatic N) is 1. The molecule has 6 heteroatoms. The highest BCUT2D eigenvalue weighted by atomic mass is 16.3. The van der Waals surface area contributed by atoms with Crippen molar-refractivity contribution in [3.63, 3.8) is 0 Å². The zero-order chi connectivity index (χ0) is 15.6. The molecule has 0 aliphatic rings. The van der Waals surface area contributed by atoms with Crippen molar-refractivity contribution < 1.29 is 20.1 Å². The molecule has 6 nitrogen and oxygen atoms in total. The molecule has 2 aromatic carbocycles. The van der Waals surface area contributed by atoms with E-state index >= 15 is 0 Å². The Morgan fingerprint density at radius 3 is 2.00 bits per heavy atom. The number of anilines is 2. The minimum absolute atomic E-state index is 0.0412. The van der Waals surface area contributed by atoms with Crippen LogP contribution < -0.4 is 10.2 Å². The average molecular weight is 288 g/mol. The van der Waals surface area contributed by atoms with Crippen LogP contribution in [0.5, 0.6) is 17.2 Å². The first-order chi connectivity index (χ1) is 9.88. The Labute approximate surface area is 121 Å². The maximum Gasteiger partial charge on any atom is 0.255 e. The third kappa shape index (κ3) is 3.17.